The Balaban J connectivity index is 0.000000360. The van der Waals surface area contributed by atoms with Gasteiger partial charge < -0.3 is 15.1 Å². The number of aromatic nitrogens is 2. The van der Waals surface area contributed by atoms with E-state index < -0.39 is 0 Å². The Hall–Kier alpha value is -4.27. The third-order valence-corrected chi connectivity index (χ3v) is 4.61. The molecule has 0 aliphatic carbocycles. The van der Waals surface area contributed by atoms with Gasteiger partial charge in [0.25, 0.3) is 5.91 Å². The molecule has 2 amide bonds. The quantitative estimate of drug-likeness (QED) is 0.484. The molecule has 0 saturated carbocycles. The van der Waals surface area contributed by atoms with Crippen molar-refractivity contribution >= 4 is 46.9 Å². The number of rotatable bonds is 3. The molecular weight excluding hydrogens is 406 g/mol. The first-order chi connectivity index (χ1) is 15.4. The number of nitrogens with one attached hydrogen (secondary N) is 2. The number of carbonyl (C=O) groups is 2. The first-order valence-electron chi connectivity index (χ1n) is 9.96. The van der Waals surface area contributed by atoms with Crippen molar-refractivity contribution in [2.24, 2.45) is 5.10 Å². The van der Waals surface area contributed by atoms with Crippen LogP contribution in [0, 0.1) is 0 Å². The van der Waals surface area contributed by atoms with Crippen LogP contribution in [0.5, 0.6) is 0 Å². The van der Waals surface area contributed by atoms with Crippen molar-refractivity contribution in [1.82, 2.24) is 15.4 Å². The van der Waals surface area contributed by atoms with Gasteiger partial charge >= 0.3 is 0 Å². The molecule has 164 valence electrons. The van der Waals surface area contributed by atoms with Gasteiger partial charge in [0.05, 0.1) is 17.4 Å². The zero-order valence-electron chi connectivity index (χ0n) is 18.4. The third-order valence-electron chi connectivity index (χ3n) is 4.61. The van der Waals surface area contributed by atoms with Crippen LogP contribution in [0.1, 0.15) is 24.2 Å². The average Bonchev–Trinajstić information content (AvgIpc) is 2.89. The minimum absolute atomic E-state index is 0.0754. The highest BCUT2D eigenvalue weighted by atomic mass is 16.2. The number of benzene rings is 2. The van der Waals surface area contributed by atoms with Gasteiger partial charge in [0.2, 0.25) is 11.9 Å². The first kappa shape index (κ1) is 22.4. The van der Waals surface area contributed by atoms with Gasteiger partial charge in [-0.3, -0.25) is 9.59 Å². The van der Waals surface area contributed by atoms with Crippen molar-refractivity contribution in [3.05, 3.63) is 66.4 Å². The number of nitrogens with zero attached hydrogens (tertiary/aromatic N) is 5. The number of para-hydroxylation sites is 2. The molecule has 4 rings (SSSR count). The van der Waals surface area contributed by atoms with E-state index in [9.17, 15) is 9.59 Å². The number of hydrazone groups is 1. The Morgan fingerprint density at radius 1 is 1.00 bits per heavy atom. The maximum Gasteiger partial charge on any atom is 0.260 e. The summed E-state index contributed by atoms with van der Waals surface area (Å²) in [5.41, 5.74) is 5.26. The van der Waals surface area contributed by atoms with Crippen LogP contribution >= 0.6 is 0 Å². The van der Waals surface area contributed by atoms with E-state index in [1.807, 2.05) is 66.5 Å². The summed E-state index contributed by atoms with van der Waals surface area (Å²) in [5, 5.41) is 6.64. The fourth-order valence-corrected chi connectivity index (χ4v) is 3.07. The molecule has 0 spiro atoms. The van der Waals surface area contributed by atoms with Crippen LogP contribution in [0.2, 0.25) is 0 Å². The zero-order valence-corrected chi connectivity index (χ0v) is 18.4. The third kappa shape index (κ3) is 5.07. The van der Waals surface area contributed by atoms with Crippen LogP contribution in [-0.4, -0.2) is 42.1 Å². The molecule has 2 N–H and O–H groups in total. The van der Waals surface area contributed by atoms with E-state index in [1.165, 1.54) is 13.1 Å². The average molecular weight is 432 g/mol. The van der Waals surface area contributed by atoms with Crippen molar-refractivity contribution in [3.63, 3.8) is 0 Å². The Bertz CT molecular complexity index is 1130. The van der Waals surface area contributed by atoms with Crippen LogP contribution in [0.3, 0.4) is 0 Å². The lowest BCUT2D eigenvalue weighted by molar-refractivity contribution is -0.118. The van der Waals surface area contributed by atoms with Crippen molar-refractivity contribution < 1.29 is 9.59 Å². The topological polar surface area (TPSA) is 103 Å². The van der Waals surface area contributed by atoms with Crippen LogP contribution in [0.4, 0.5) is 28.8 Å². The number of fused-ring (bicyclic) bond motifs is 2. The molecule has 0 fully saturated rings. The molecule has 0 saturated heterocycles. The number of carbonyl (C=O) groups excluding carboxylic acids is 2. The maximum atomic E-state index is 12.7. The number of hydrogen-bond donors (Lipinski definition) is 2. The molecule has 2 aromatic carbocycles. The molecule has 0 radical (unpaired) electrons. The summed E-state index contributed by atoms with van der Waals surface area (Å²) < 4.78 is 0. The van der Waals surface area contributed by atoms with E-state index in [0.29, 0.717) is 23.0 Å². The molecule has 1 aliphatic heterocycles. The van der Waals surface area contributed by atoms with Gasteiger partial charge in [-0.25, -0.2) is 10.4 Å². The molecule has 0 unspecified atom stereocenters. The van der Waals surface area contributed by atoms with Crippen LogP contribution in [0.15, 0.2) is 65.9 Å². The van der Waals surface area contributed by atoms with E-state index in [-0.39, 0.29) is 11.8 Å². The monoisotopic (exact) mass is 431 g/mol. The minimum Gasteiger partial charge on any atom is -0.327 e. The summed E-state index contributed by atoms with van der Waals surface area (Å²) in [6.45, 7) is 3.14. The Kier molecular flexibility index (Phi) is 7.12. The van der Waals surface area contributed by atoms with Crippen molar-refractivity contribution in [3.8, 4) is 0 Å². The molecule has 32 heavy (non-hydrogen) atoms. The predicted molar refractivity (Wildman–Crippen MR) is 127 cm³/mol. The molecule has 3 aromatic rings. The Morgan fingerprint density at radius 3 is 2.34 bits per heavy atom. The number of anilines is 5. The van der Waals surface area contributed by atoms with E-state index in [4.69, 9.17) is 0 Å². The van der Waals surface area contributed by atoms with Gasteiger partial charge in [-0.1, -0.05) is 30.3 Å². The van der Waals surface area contributed by atoms with Gasteiger partial charge in [-0.05, 0) is 31.2 Å². The summed E-state index contributed by atoms with van der Waals surface area (Å²) in [6.07, 6.45) is 3.19. The molecule has 1 aliphatic rings. The molecule has 2 heterocycles. The summed E-state index contributed by atoms with van der Waals surface area (Å²) in [5.74, 6) is 0.943. The maximum absolute atomic E-state index is 12.7. The molecule has 0 bridgehead atoms. The highest BCUT2D eigenvalue weighted by Crippen LogP contribution is 2.37. The normalized spacial score (nSPS) is 12.3. The predicted octanol–water partition coefficient (Wildman–Crippen LogP) is 3.71. The standard InChI is InChI=1S/C19H17N5O.C4H8N2O/c1-23-15-11-7-6-10-14(15)18(25)24(2)16-12-20-19(22-17(16)23)21-13-8-4-3-5-9-13;1-3-5-6-4(2)7/h3-12H,1-2H3,(H,20,21,22);3H,1-2H3,(H,6,7). The SMILES string of the molecule is CC=NNC(C)=O.CN1C(=O)c2ccccc2N(C)c2nc(Nc3ccccc3)ncc21. The van der Waals surface area contributed by atoms with E-state index in [1.54, 1.807) is 25.1 Å². The summed E-state index contributed by atoms with van der Waals surface area (Å²) >= 11 is 0. The molecule has 9 nitrogen and oxygen atoms in total. The molecule has 1 aromatic heterocycles. The number of amides is 2. The molecule has 0 atom stereocenters. The fraction of sp³-hybridized carbons (Fsp3) is 0.174. The van der Waals surface area contributed by atoms with Crippen molar-refractivity contribution in [2.75, 3.05) is 29.2 Å². The smallest absolute Gasteiger partial charge is 0.260 e. The van der Waals surface area contributed by atoms with E-state index in [0.717, 1.165) is 11.4 Å². The highest BCUT2D eigenvalue weighted by molar-refractivity contribution is 6.13. The van der Waals surface area contributed by atoms with E-state index in [2.05, 4.69) is 25.8 Å². The zero-order chi connectivity index (χ0) is 23.1. The molecular formula is C23H25N7O2. The van der Waals surface area contributed by atoms with Crippen molar-refractivity contribution in [2.45, 2.75) is 13.8 Å². The van der Waals surface area contributed by atoms with E-state index >= 15 is 0 Å². The van der Waals surface area contributed by atoms with Gasteiger partial charge in [-0.2, -0.15) is 10.1 Å². The lowest BCUT2D eigenvalue weighted by Gasteiger charge is -2.21. The van der Waals surface area contributed by atoms with Crippen LogP contribution in [0.25, 0.3) is 0 Å². The molecule has 9 heteroatoms. The number of hydrogen-bond acceptors (Lipinski definition) is 7. The van der Waals surface area contributed by atoms with Gasteiger partial charge in [0.15, 0.2) is 5.82 Å². The Morgan fingerprint density at radius 2 is 1.69 bits per heavy atom. The second kappa shape index (κ2) is 10.2. The van der Waals surface area contributed by atoms with Crippen LogP contribution < -0.4 is 20.5 Å². The van der Waals surface area contributed by atoms with Crippen LogP contribution in [-0.2, 0) is 4.79 Å². The van der Waals surface area contributed by atoms with Crippen molar-refractivity contribution in [1.29, 1.82) is 0 Å². The Labute approximate surface area is 186 Å². The van der Waals surface area contributed by atoms with Gasteiger partial charge in [0.1, 0.15) is 5.69 Å². The second-order valence-electron chi connectivity index (χ2n) is 6.89. The van der Waals surface area contributed by atoms with Gasteiger partial charge in [-0.15, -0.1) is 0 Å². The summed E-state index contributed by atoms with van der Waals surface area (Å²) in [7, 11) is 3.65. The summed E-state index contributed by atoms with van der Waals surface area (Å²) in [4.78, 5) is 35.2. The minimum atomic E-state index is -0.141. The lowest BCUT2D eigenvalue weighted by atomic mass is 10.1. The second-order valence-corrected chi connectivity index (χ2v) is 6.89. The largest absolute Gasteiger partial charge is 0.327 e. The first-order valence-corrected chi connectivity index (χ1v) is 9.96. The van der Waals surface area contributed by atoms with Gasteiger partial charge in [0, 0.05) is 32.9 Å². The summed E-state index contributed by atoms with van der Waals surface area (Å²) in [6, 6.07) is 17.3. The fourth-order valence-electron chi connectivity index (χ4n) is 3.07. The lowest BCUT2D eigenvalue weighted by Crippen LogP contribution is -2.25. The highest BCUT2D eigenvalue weighted by Gasteiger charge is 2.28.